The lowest BCUT2D eigenvalue weighted by Crippen LogP contribution is -2.15. The normalized spacial score (nSPS) is 16.2. The summed E-state index contributed by atoms with van der Waals surface area (Å²) in [6.45, 7) is 1.57. The van der Waals surface area contributed by atoms with Gasteiger partial charge in [0.1, 0.15) is 17.4 Å². The monoisotopic (exact) mass is 314 g/mol. The molecule has 1 aliphatic rings. The van der Waals surface area contributed by atoms with Gasteiger partial charge in [-0.1, -0.05) is 11.6 Å². The second-order valence-corrected chi connectivity index (χ2v) is 5.85. The first-order valence-corrected chi connectivity index (χ1v) is 7.73. The highest BCUT2D eigenvalue weighted by atomic mass is 35.5. The van der Waals surface area contributed by atoms with E-state index < -0.39 is 0 Å². The van der Waals surface area contributed by atoms with E-state index in [0.717, 1.165) is 48.5 Å². The highest BCUT2D eigenvalue weighted by Crippen LogP contribution is 2.31. The molecule has 0 amide bonds. The van der Waals surface area contributed by atoms with Crippen molar-refractivity contribution in [2.45, 2.75) is 18.8 Å². The highest BCUT2D eigenvalue weighted by Gasteiger charge is 2.23. The number of ether oxygens (including phenoxy) is 1. The summed E-state index contributed by atoms with van der Waals surface area (Å²) in [5.41, 5.74) is 3.85. The van der Waals surface area contributed by atoms with Crippen molar-refractivity contribution in [3.05, 3.63) is 47.5 Å². The molecule has 0 aliphatic carbocycles. The van der Waals surface area contributed by atoms with Gasteiger partial charge in [0, 0.05) is 24.2 Å². The third-order valence-electron chi connectivity index (χ3n) is 4.05. The Balaban J connectivity index is 1.86. The van der Waals surface area contributed by atoms with Gasteiger partial charge >= 0.3 is 0 Å². The van der Waals surface area contributed by atoms with Crippen molar-refractivity contribution in [3.63, 3.8) is 0 Å². The van der Waals surface area contributed by atoms with Crippen LogP contribution in [0.4, 0.5) is 0 Å². The minimum Gasteiger partial charge on any atom is -0.381 e. The summed E-state index contributed by atoms with van der Waals surface area (Å²) in [7, 11) is 0. The minimum absolute atomic E-state index is 0.389. The van der Waals surface area contributed by atoms with Gasteiger partial charge in [-0.2, -0.15) is 5.10 Å². The Kier molecular flexibility index (Phi) is 3.52. The first-order valence-electron chi connectivity index (χ1n) is 7.35. The molecule has 2 aromatic heterocycles. The molecular formula is C16H15ClN4O. The van der Waals surface area contributed by atoms with E-state index in [2.05, 4.69) is 9.97 Å². The van der Waals surface area contributed by atoms with Crippen LogP contribution in [0.15, 0.2) is 36.8 Å². The van der Waals surface area contributed by atoms with Crippen molar-refractivity contribution >= 4 is 22.6 Å². The molecule has 1 fully saturated rings. The summed E-state index contributed by atoms with van der Waals surface area (Å²) < 4.78 is 7.36. The zero-order valence-electron chi connectivity index (χ0n) is 11.9. The highest BCUT2D eigenvalue weighted by molar-refractivity contribution is 6.30. The number of fused-ring (bicyclic) bond motifs is 1. The van der Waals surface area contributed by atoms with E-state index in [1.54, 1.807) is 6.33 Å². The Morgan fingerprint density at radius 3 is 2.68 bits per heavy atom. The van der Waals surface area contributed by atoms with Crippen LogP contribution in [0, 0.1) is 0 Å². The molecule has 112 valence electrons. The van der Waals surface area contributed by atoms with Crippen LogP contribution in [0.1, 0.15) is 24.5 Å². The van der Waals surface area contributed by atoms with Crippen molar-refractivity contribution in [2.24, 2.45) is 0 Å². The molecule has 3 heterocycles. The summed E-state index contributed by atoms with van der Waals surface area (Å²) >= 11 is 5.98. The maximum atomic E-state index is 5.98. The molecule has 0 N–H and O–H groups in total. The van der Waals surface area contributed by atoms with E-state index in [4.69, 9.17) is 21.4 Å². The Morgan fingerprint density at radius 2 is 1.91 bits per heavy atom. The molecule has 1 aromatic carbocycles. The van der Waals surface area contributed by atoms with Crippen LogP contribution in [0.5, 0.6) is 0 Å². The lowest BCUT2D eigenvalue weighted by atomic mass is 9.96. The van der Waals surface area contributed by atoms with Gasteiger partial charge in [0.05, 0.1) is 17.6 Å². The molecule has 4 rings (SSSR count). The molecule has 1 saturated heterocycles. The Hall–Kier alpha value is -1.98. The molecule has 6 heteroatoms. The van der Waals surface area contributed by atoms with E-state index in [0.29, 0.717) is 10.9 Å². The van der Waals surface area contributed by atoms with Crippen LogP contribution in [-0.2, 0) is 4.74 Å². The van der Waals surface area contributed by atoms with Crippen molar-refractivity contribution in [3.8, 4) is 5.69 Å². The topological polar surface area (TPSA) is 52.8 Å². The van der Waals surface area contributed by atoms with Gasteiger partial charge in [-0.05, 0) is 37.1 Å². The molecule has 0 atom stereocenters. The van der Waals surface area contributed by atoms with Gasteiger partial charge in [0.15, 0.2) is 0 Å². The molecule has 0 unspecified atom stereocenters. The lowest BCUT2D eigenvalue weighted by Gasteiger charge is -2.20. The standard InChI is InChI=1S/C16H15ClN4O/c17-12-1-3-13(4-2-12)21-14-9-18-10-19-16(14)15(20-21)11-5-7-22-8-6-11/h1-4,9-11H,5-8H2. The quantitative estimate of drug-likeness (QED) is 0.728. The second-order valence-electron chi connectivity index (χ2n) is 5.42. The zero-order valence-corrected chi connectivity index (χ0v) is 12.7. The molecule has 0 saturated carbocycles. The first-order chi connectivity index (χ1) is 10.8. The van der Waals surface area contributed by atoms with Crippen molar-refractivity contribution in [1.29, 1.82) is 0 Å². The number of halogens is 1. The van der Waals surface area contributed by atoms with E-state index >= 15 is 0 Å². The third kappa shape index (κ3) is 2.36. The number of rotatable bonds is 2. The average molecular weight is 315 g/mol. The molecule has 5 nitrogen and oxygen atoms in total. The summed E-state index contributed by atoms with van der Waals surface area (Å²) in [6.07, 6.45) is 5.36. The molecule has 0 spiro atoms. The SMILES string of the molecule is Clc1ccc(-n2nc(C3CCOCC3)c3ncncc32)cc1. The smallest absolute Gasteiger partial charge is 0.116 e. The maximum absolute atomic E-state index is 5.98. The van der Waals surface area contributed by atoms with E-state index in [-0.39, 0.29) is 0 Å². The minimum atomic E-state index is 0.389. The van der Waals surface area contributed by atoms with E-state index in [9.17, 15) is 0 Å². The van der Waals surface area contributed by atoms with Crippen molar-refractivity contribution < 1.29 is 4.74 Å². The van der Waals surface area contributed by atoms with Gasteiger partial charge in [-0.15, -0.1) is 0 Å². The average Bonchev–Trinajstić information content (AvgIpc) is 2.96. The van der Waals surface area contributed by atoms with Crippen LogP contribution in [0.3, 0.4) is 0 Å². The predicted octanol–water partition coefficient (Wildman–Crippen LogP) is 3.36. The molecule has 22 heavy (non-hydrogen) atoms. The Morgan fingerprint density at radius 1 is 1.14 bits per heavy atom. The Labute approximate surface area is 132 Å². The van der Waals surface area contributed by atoms with Crippen LogP contribution in [0.2, 0.25) is 5.02 Å². The fourth-order valence-electron chi connectivity index (χ4n) is 2.91. The number of nitrogens with zero attached hydrogens (tertiary/aromatic N) is 4. The van der Waals surface area contributed by atoms with Crippen LogP contribution in [0.25, 0.3) is 16.7 Å². The number of hydrogen-bond donors (Lipinski definition) is 0. The van der Waals surface area contributed by atoms with Crippen molar-refractivity contribution in [2.75, 3.05) is 13.2 Å². The van der Waals surface area contributed by atoms with Crippen LogP contribution in [-0.4, -0.2) is 33.0 Å². The molecule has 0 bridgehead atoms. The number of benzene rings is 1. The fourth-order valence-corrected chi connectivity index (χ4v) is 3.03. The van der Waals surface area contributed by atoms with Crippen LogP contribution < -0.4 is 0 Å². The summed E-state index contributed by atoms with van der Waals surface area (Å²) in [5.74, 6) is 0.389. The first kappa shape index (κ1) is 13.7. The van der Waals surface area contributed by atoms with Gasteiger partial charge in [-0.25, -0.2) is 14.6 Å². The summed E-state index contributed by atoms with van der Waals surface area (Å²) in [5, 5.41) is 5.54. The van der Waals surface area contributed by atoms with Crippen molar-refractivity contribution in [1.82, 2.24) is 19.7 Å². The third-order valence-corrected chi connectivity index (χ3v) is 4.30. The zero-order chi connectivity index (χ0) is 14.9. The predicted molar refractivity (Wildman–Crippen MR) is 84.5 cm³/mol. The number of aromatic nitrogens is 4. The maximum Gasteiger partial charge on any atom is 0.116 e. The lowest BCUT2D eigenvalue weighted by molar-refractivity contribution is 0.0846. The second kappa shape index (κ2) is 5.66. The van der Waals surface area contributed by atoms with Crippen LogP contribution >= 0.6 is 11.6 Å². The van der Waals surface area contributed by atoms with Gasteiger partial charge < -0.3 is 4.74 Å². The van der Waals surface area contributed by atoms with Gasteiger partial charge in [0.25, 0.3) is 0 Å². The molecule has 0 radical (unpaired) electrons. The van der Waals surface area contributed by atoms with Gasteiger partial charge in [-0.3, -0.25) is 0 Å². The molecule has 1 aliphatic heterocycles. The largest absolute Gasteiger partial charge is 0.381 e. The summed E-state index contributed by atoms with van der Waals surface area (Å²) in [4.78, 5) is 8.61. The fraction of sp³-hybridized carbons (Fsp3) is 0.312. The van der Waals surface area contributed by atoms with Gasteiger partial charge in [0.2, 0.25) is 0 Å². The van der Waals surface area contributed by atoms with E-state index in [1.807, 2.05) is 35.1 Å². The number of hydrogen-bond acceptors (Lipinski definition) is 4. The molecule has 3 aromatic rings. The Bertz CT molecular complexity index is 794. The molecular weight excluding hydrogens is 300 g/mol. The van der Waals surface area contributed by atoms with E-state index in [1.165, 1.54) is 0 Å². The summed E-state index contributed by atoms with van der Waals surface area (Å²) in [6, 6.07) is 7.63.